The van der Waals surface area contributed by atoms with Crippen LogP contribution in [0.4, 0.5) is 0 Å². The van der Waals surface area contributed by atoms with Crippen molar-refractivity contribution in [3.63, 3.8) is 0 Å². The van der Waals surface area contributed by atoms with Crippen LogP contribution in [0.1, 0.15) is 82.4 Å². The van der Waals surface area contributed by atoms with Crippen molar-refractivity contribution in [3.05, 3.63) is 108 Å². The molecule has 1 aliphatic rings. The molecule has 0 aromatic heterocycles. The first-order valence-corrected chi connectivity index (χ1v) is 25.0. The first-order valence-electron chi connectivity index (χ1n) is 17.3. The molecule has 4 atom stereocenters. The van der Waals surface area contributed by atoms with E-state index in [0.29, 0.717) is 30.5 Å². The number of unbranched alkanes of at least 4 members (excludes halogenated alkanes) is 3. The van der Waals surface area contributed by atoms with Crippen molar-refractivity contribution in [2.45, 2.75) is 121 Å². The van der Waals surface area contributed by atoms with Crippen LogP contribution in [0.5, 0.6) is 0 Å². The summed E-state index contributed by atoms with van der Waals surface area (Å²) in [6.07, 6.45) is 8.27. The molecule has 240 valence electrons. The molecule has 0 spiro atoms. The first-order chi connectivity index (χ1) is 21.7. The molecule has 0 N–H and O–H groups in total. The van der Waals surface area contributed by atoms with Gasteiger partial charge in [0.05, 0.1) is 0 Å². The van der Waals surface area contributed by atoms with E-state index in [1.807, 2.05) is 0 Å². The van der Waals surface area contributed by atoms with E-state index in [2.05, 4.69) is 112 Å². The van der Waals surface area contributed by atoms with Crippen LogP contribution in [0.2, 0.25) is 13.3 Å². The molecule has 0 radical (unpaired) electrons. The Balaban J connectivity index is 1.63. The quantitative estimate of drug-likeness (QED) is 0.110. The first kappa shape index (κ1) is 35.2. The molecule has 5 heteroatoms. The molecule has 4 rings (SSSR count). The van der Waals surface area contributed by atoms with Crippen LogP contribution in [-0.4, -0.2) is 47.4 Å². The third-order valence-electron chi connectivity index (χ3n) is 9.27. The molecular formula is C39H56O4Sn. The Morgan fingerprint density at radius 1 is 0.614 bits per heavy atom. The zero-order chi connectivity index (χ0) is 30.9. The molecule has 4 nitrogen and oxygen atoms in total. The summed E-state index contributed by atoms with van der Waals surface area (Å²) in [5, 5.41) is 0. The van der Waals surface area contributed by atoms with Crippen LogP contribution in [0.3, 0.4) is 0 Å². The van der Waals surface area contributed by atoms with Gasteiger partial charge in [0.15, 0.2) is 0 Å². The molecule has 0 aliphatic carbocycles. The van der Waals surface area contributed by atoms with Gasteiger partial charge < -0.3 is 0 Å². The van der Waals surface area contributed by atoms with Crippen LogP contribution in [0.25, 0.3) is 0 Å². The summed E-state index contributed by atoms with van der Waals surface area (Å²) >= 11 is -2.77. The van der Waals surface area contributed by atoms with Crippen LogP contribution in [-0.2, 0) is 38.8 Å². The van der Waals surface area contributed by atoms with Crippen LogP contribution in [0.15, 0.2) is 91.0 Å². The summed E-state index contributed by atoms with van der Waals surface area (Å²) < 4.78 is 32.0. The Labute approximate surface area is 271 Å². The van der Waals surface area contributed by atoms with Gasteiger partial charge in [-0.1, -0.05) is 0 Å². The van der Waals surface area contributed by atoms with E-state index in [4.69, 9.17) is 18.9 Å². The number of hydrogen-bond donors (Lipinski definition) is 0. The van der Waals surface area contributed by atoms with Gasteiger partial charge in [-0.15, -0.1) is 0 Å². The van der Waals surface area contributed by atoms with Crippen molar-refractivity contribution in [2.75, 3.05) is 6.61 Å². The van der Waals surface area contributed by atoms with Crippen molar-refractivity contribution in [2.24, 2.45) is 0 Å². The Morgan fingerprint density at radius 3 is 1.55 bits per heavy atom. The Bertz CT molecular complexity index is 1120. The Morgan fingerprint density at radius 2 is 1.07 bits per heavy atom. The SMILES string of the molecule is CCC[CH2][Sn]([CH2]CCC)([CH2]CCC)[C@@H]1C[C@@H](OCc2ccccc2)[C@H](OCc2ccccc2)[C@@H](COCc2ccccc2)O1. The third-order valence-corrected chi connectivity index (χ3v) is 25.8. The van der Waals surface area contributed by atoms with E-state index in [1.54, 1.807) is 0 Å². The number of benzene rings is 3. The Kier molecular flexibility index (Phi) is 15.8. The van der Waals surface area contributed by atoms with Gasteiger partial charge in [-0.2, -0.15) is 0 Å². The second-order valence-corrected chi connectivity index (χ2v) is 26.6. The number of hydrogen-bond acceptors (Lipinski definition) is 4. The molecule has 1 fully saturated rings. The van der Waals surface area contributed by atoms with Gasteiger partial charge in [0.2, 0.25) is 0 Å². The van der Waals surface area contributed by atoms with Crippen molar-refractivity contribution in [1.29, 1.82) is 0 Å². The second-order valence-electron chi connectivity index (χ2n) is 12.7. The van der Waals surface area contributed by atoms with Crippen molar-refractivity contribution in [3.8, 4) is 0 Å². The van der Waals surface area contributed by atoms with E-state index < -0.39 is 18.4 Å². The van der Waals surface area contributed by atoms with Gasteiger partial charge in [-0.05, 0) is 0 Å². The molecule has 1 heterocycles. The van der Waals surface area contributed by atoms with Gasteiger partial charge in [-0.25, -0.2) is 0 Å². The number of rotatable bonds is 20. The summed E-state index contributed by atoms with van der Waals surface area (Å²) in [5.74, 6) is 0. The molecule has 0 unspecified atom stereocenters. The van der Waals surface area contributed by atoms with E-state index in [0.717, 1.165) is 6.42 Å². The van der Waals surface area contributed by atoms with Gasteiger partial charge in [-0.3, -0.25) is 0 Å². The Hall–Kier alpha value is -1.70. The predicted molar refractivity (Wildman–Crippen MR) is 184 cm³/mol. The molecular weight excluding hydrogens is 651 g/mol. The van der Waals surface area contributed by atoms with E-state index in [9.17, 15) is 0 Å². The normalized spacial score (nSPS) is 20.5. The maximum atomic E-state index is 7.33. The fourth-order valence-corrected chi connectivity index (χ4v) is 24.1. The molecule has 0 amide bonds. The van der Waals surface area contributed by atoms with Gasteiger partial charge in [0, 0.05) is 0 Å². The summed E-state index contributed by atoms with van der Waals surface area (Å²) in [6, 6.07) is 31.5. The van der Waals surface area contributed by atoms with Crippen LogP contribution in [0, 0.1) is 0 Å². The van der Waals surface area contributed by atoms with Crippen LogP contribution < -0.4 is 0 Å². The minimum absolute atomic E-state index is 0.0380. The number of ether oxygens (including phenoxy) is 4. The van der Waals surface area contributed by atoms with Crippen molar-refractivity contribution < 1.29 is 18.9 Å². The molecule has 3 aromatic carbocycles. The zero-order valence-electron chi connectivity index (χ0n) is 27.5. The van der Waals surface area contributed by atoms with Gasteiger partial charge in [0.1, 0.15) is 0 Å². The topological polar surface area (TPSA) is 36.9 Å². The summed E-state index contributed by atoms with van der Waals surface area (Å²) in [7, 11) is 0. The average Bonchev–Trinajstić information content (AvgIpc) is 3.08. The molecule has 3 aromatic rings. The maximum absolute atomic E-state index is 7.33. The molecule has 1 aliphatic heterocycles. The van der Waals surface area contributed by atoms with E-state index in [-0.39, 0.29) is 18.3 Å². The fourth-order valence-electron chi connectivity index (χ4n) is 6.69. The molecule has 0 bridgehead atoms. The van der Waals surface area contributed by atoms with Crippen molar-refractivity contribution >= 4 is 18.4 Å². The van der Waals surface area contributed by atoms with Crippen LogP contribution >= 0.6 is 0 Å². The molecule has 1 saturated heterocycles. The standard InChI is InChI=1S/C27H29O4.3C4H9.Sn/c1-4-10-22(11-5-1)18-28-21-26-27(31-20-24-14-8-3-9-15-24)25(16-17-29-26)30-19-23-12-6-2-7-13-23;3*1-3-4-2;/h1-15,17,25-27H,16,18-21H2;3*1,3-4H2,2H3;/t25-,26-,27+;;;;/m1..../s1. The monoisotopic (exact) mass is 708 g/mol. The average molecular weight is 708 g/mol. The predicted octanol–water partition coefficient (Wildman–Crippen LogP) is 9.92. The fraction of sp³-hybridized carbons (Fsp3) is 0.538. The summed E-state index contributed by atoms with van der Waals surface area (Å²) in [5.41, 5.74) is 3.55. The third kappa shape index (κ3) is 11.0. The van der Waals surface area contributed by atoms with Gasteiger partial charge in [0.25, 0.3) is 0 Å². The zero-order valence-corrected chi connectivity index (χ0v) is 30.4. The van der Waals surface area contributed by atoms with E-state index in [1.165, 1.54) is 68.5 Å². The van der Waals surface area contributed by atoms with Crippen molar-refractivity contribution in [1.82, 2.24) is 0 Å². The molecule has 0 saturated carbocycles. The minimum atomic E-state index is -2.77. The summed E-state index contributed by atoms with van der Waals surface area (Å²) in [4.78, 5) is 0. The van der Waals surface area contributed by atoms with Gasteiger partial charge >= 0.3 is 273 Å². The molecule has 44 heavy (non-hydrogen) atoms. The summed E-state index contributed by atoms with van der Waals surface area (Å²) in [6.45, 7) is 9.24. The second kappa shape index (κ2) is 19.7. The van der Waals surface area contributed by atoms with E-state index >= 15 is 0 Å².